The minimum Gasteiger partial charge on any atom is -0.492 e. The molecule has 0 aliphatic carbocycles. The second-order valence-corrected chi connectivity index (χ2v) is 12.0. The van der Waals surface area contributed by atoms with E-state index in [1.807, 2.05) is 0 Å². The average molecular weight is 597 g/mol. The van der Waals surface area contributed by atoms with E-state index in [0.717, 1.165) is 28.4 Å². The highest BCUT2D eigenvalue weighted by molar-refractivity contribution is 7.89. The molecule has 40 heavy (non-hydrogen) atoms. The predicted molar refractivity (Wildman–Crippen MR) is 130 cm³/mol. The fraction of sp³-hybridized carbons (Fsp3) is 0.480. The molecule has 220 valence electrons. The van der Waals surface area contributed by atoms with Gasteiger partial charge in [-0.1, -0.05) is 6.07 Å². The van der Waals surface area contributed by atoms with Crippen LogP contribution in [0.3, 0.4) is 0 Å². The zero-order chi connectivity index (χ0) is 29.7. The number of aliphatic carboxylic acids is 1. The SMILES string of the molecule is CN1[C@H](CCC(C)(F)F)CN(c2cccc(F)c2)c2cc(C(F)(F)F)c(OCC3(C(=O)O)COC3)cc2S1(=O)=O. The maximum Gasteiger partial charge on any atom is 0.420 e. The van der Waals surface area contributed by atoms with Crippen molar-refractivity contribution in [1.29, 1.82) is 0 Å². The Kier molecular flexibility index (Phi) is 7.79. The van der Waals surface area contributed by atoms with Gasteiger partial charge in [0, 0.05) is 37.8 Å². The van der Waals surface area contributed by atoms with Crippen molar-refractivity contribution in [2.45, 2.75) is 42.8 Å². The number of fused-ring (bicyclic) bond motifs is 1. The molecule has 0 aromatic heterocycles. The number of benzene rings is 2. The zero-order valence-corrected chi connectivity index (χ0v) is 22.2. The number of halogens is 6. The molecular weight excluding hydrogens is 570 g/mol. The monoisotopic (exact) mass is 596 g/mol. The summed E-state index contributed by atoms with van der Waals surface area (Å²) >= 11 is 0. The molecule has 8 nitrogen and oxygen atoms in total. The van der Waals surface area contributed by atoms with Crippen molar-refractivity contribution >= 4 is 27.4 Å². The molecule has 0 amide bonds. The Morgan fingerprint density at radius 3 is 2.38 bits per heavy atom. The van der Waals surface area contributed by atoms with Crippen LogP contribution in [-0.4, -0.2) is 69.2 Å². The Balaban J connectivity index is 1.89. The van der Waals surface area contributed by atoms with Gasteiger partial charge in [0.05, 0.1) is 24.5 Å². The average Bonchev–Trinajstić information content (AvgIpc) is 2.88. The molecule has 2 aliphatic rings. The van der Waals surface area contributed by atoms with Crippen molar-refractivity contribution in [2.24, 2.45) is 5.41 Å². The van der Waals surface area contributed by atoms with Crippen molar-refractivity contribution < 1.29 is 54.1 Å². The number of anilines is 2. The summed E-state index contributed by atoms with van der Waals surface area (Å²) in [4.78, 5) is 12.1. The third kappa shape index (κ3) is 5.86. The van der Waals surface area contributed by atoms with Crippen molar-refractivity contribution in [3.63, 3.8) is 0 Å². The molecule has 1 saturated heterocycles. The fourth-order valence-electron chi connectivity index (χ4n) is 4.50. The van der Waals surface area contributed by atoms with E-state index in [2.05, 4.69) is 0 Å². The van der Waals surface area contributed by atoms with Gasteiger partial charge in [0.25, 0.3) is 0 Å². The van der Waals surface area contributed by atoms with E-state index in [1.165, 1.54) is 12.1 Å². The van der Waals surface area contributed by atoms with E-state index in [9.17, 15) is 44.7 Å². The summed E-state index contributed by atoms with van der Waals surface area (Å²) in [5, 5.41) is 9.48. The van der Waals surface area contributed by atoms with Gasteiger partial charge in [-0.15, -0.1) is 0 Å². The second-order valence-electron chi connectivity index (χ2n) is 10.1. The molecule has 1 N–H and O–H groups in total. The molecule has 0 bridgehead atoms. The summed E-state index contributed by atoms with van der Waals surface area (Å²) in [5.41, 5.74) is -3.49. The number of likely N-dealkylation sites (N-methyl/N-ethyl adjacent to an activating group) is 1. The van der Waals surface area contributed by atoms with Crippen LogP contribution in [0.1, 0.15) is 25.3 Å². The van der Waals surface area contributed by atoms with E-state index < -0.39 is 80.3 Å². The number of carboxylic acids is 1. The standard InChI is InChI=1S/C25H26F6N2O6S/c1-23(27,28)7-6-17-11-33(16-5-3-4-15(26)8-16)19-9-18(25(29,30)31)20(10-21(19)40(36,37)32(17)2)39-14-24(22(34)35)12-38-13-24/h3-5,8-10,17H,6-7,11-14H2,1-2H3,(H,34,35)/t17-/m1/s1. The first-order valence-electron chi connectivity index (χ1n) is 12.0. The number of ether oxygens (including phenoxy) is 2. The number of sulfonamides is 1. The molecular formula is C25H26F6N2O6S. The van der Waals surface area contributed by atoms with E-state index in [1.54, 1.807) is 0 Å². The quantitative estimate of drug-likeness (QED) is 0.433. The number of nitrogens with zero attached hydrogens (tertiary/aromatic N) is 2. The van der Waals surface area contributed by atoms with Crippen LogP contribution < -0.4 is 9.64 Å². The number of hydrogen-bond donors (Lipinski definition) is 1. The van der Waals surface area contributed by atoms with Crippen molar-refractivity contribution in [3.05, 3.63) is 47.8 Å². The van der Waals surface area contributed by atoms with E-state index in [0.29, 0.717) is 19.1 Å². The van der Waals surface area contributed by atoms with Crippen LogP contribution in [0.4, 0.5) is 37.7 Å². The molecule has 4 rings (SSSR count). The van der Waals surface area contributed by atoms with Gasteiger partial charge in [-0.3, -0.25) is 4.79 Å². The summed E-state index contributed by atoms with van der Waals surface area (Å²) in [7, 11) is -3.49. The van der Waals surface area contributed by atoms with Crippen molar-refractivity contribution in [2.75, 3.05) is 38.3 Å². The first-order chi connectivity index (χ1) is 18.4. The molecule has 1 fully saturated rings. The van der Waals surface area contributed by atoms with Gasteiger partial charge >= 0.3 is 12.1 Å². The molecule has 0 saturated carbocycles. The maximum absolute atomic E-state index is 14.2. The second kappa shape index (κ2) is 10.4. The Labute approximate surface area is 226 Å². The molecule has 0 radical (unpaired) electrons. The first-order valence-corrected chi connectivity index (χ1v) is 13.5. The molecule has 0 spiro atoms. The largest absolute Gasteiger partial charge is 0.492 e. The van der Waals surface area contributed by atoms with Gasteiger partial charge < -0.3 is 19.5 Å². The Hall–Kier alpha value is -3.04. The normalized spacial score (nSPS) is 20.8. The lowest BCUT2D eigenvalue weighted by atomic mass is 9.87. The van der Waals surface area contributed by atoms with Gasteiger partial charge in [-0.05, 0) is 37.6 Å². The lowest BCUT2D eigenvalue weighted by Gasteiger charge is -2.37. The number of alkyl halides is 5. The molecule has 2 heterocycles. The molecule has 1 atom stereocenters. The molecule has 2 aliphatic heterocycles. The van der Waals surface area contributed by atoms with Crippen LogP contribution >= 0.6 is 0 Å². The minimum atomic E-state index is -5.07. The summed E-state index contributed by atoms with van der Waals surface area (Å²) < 4.78 is 123. The fourth-order valence-corrected chi connectivity index (χ4v) is 6.06. The molecule has 0 unspecified atom stereocenters. The van der Waals surface area contributed by atoms with Gasteiger partial charge in [-0.2, -0.15) is 17.5 Å². The number of rotatable bonds is 8. The van der Waals surface area contributed by atoms with Crippen LogP contribution in [0, 0.1) is 11.2 Å². The minimum absolute atomic E-state index is 0.00162. The summed E-state index contributed by atoms with van der Waals surface area (Å²) in [6.07, 6.45) is -6.14. The highest BCUT2D eigenvalue weighted by Gasteiger charge is 2.48. The zero-order valence-electron chi connectivity index (χ0n) is 21.3. The van der Waals surface area contributed by atoms with E-state index in [-0.39, 0.29) is 31.9 Å². The van der Waals surface area contributed by atoms with Gasteiger partial charge in [0.1, 0.15) is 28.5 Å². The maximum atomic E-state index is 14.2. The summed E-state index contributed by atoms with van der Waals surface area (Å²) in [5.74, 6) is -6.20. The van der Waals surface area contributed by atoms with Gasteiger partial charge in [-0.25, -0.2) is 21.6 Å². The van der Waals surface area contributed by atoms with Crippen molar-refractivity contribution in [3.8, 4) is 5.75 Å². The Bertz CT molecular complexity index is 1390. The topological polar surface area (TPSA) is 96.4 Å². The van der Waals surface area contributed by atoms with Gasteiger partial charge in [0.2, 0.25) is 15.9 Å². The van der Waals surface area contributed by atoms with Crippen molar-refractivity contribution in [1.82, 2.24) is 4.31 Å². The lowest BCUT2D eigenvalue weighted by molar-refractivity contribution is -0.185. The van der Waals surface area contributed by atoms with Crippen LogP contribution in [0.5, 0.6) is 5.75 Å². The first kappa shape index (κ1) is 29.9. The smallest absolute Gasteiger partial charge is 0.420 e. The molecule has 15 heteroatoms. The third-order valence-electron chi connectivity index (χ3n) is 6.97. The van der Waals surface area contributed by atoms with E-state index in [4.69, 9.17) is 9.47 Å². The molecule has 2 aromatic carbocycles. The lowest BCUT2D eigenvalue weighted by Crippen LogP contribution is -2.53. The predicted octanol–water partition coefficient (Wildman–Crippen LogP) is 4.90. The van der Waals surface area contributed by atoms with E-state index >= 15 is 0 Å². The number of carbonyl (C=O) groups is 1. The number of carboxylic acid groups (broad SMARTS) is 1. The highest BCUT2D eigenvalue weighted by Crippen LogP contribution is 2.46. The van der Waals surface area contributed by atoms with Crippen LogP contribution in [0.15, 0.2) is 41.3 Å². The molecule has 2 aromatic rings. The van der Waals surface area contributed by atoms with Crippen LogP contribution in [0.25, 0.3) is 0 Å². The Morgan fingerprint density at radius 1 is 1.18 bits per heavy atom. The van der Waals surface area contributed by atoms with Crippen LogP contribution in [0.2, 0.25) is 0 Å². The summed E-state index contributed by atoms with van der Waals surface area (Å²) in [6, 6.07) is 4.73. The Morgan fingerprint density at radius 2 is 1.85 bits per heavy atom. The third-order valence-corrected chi connectivity index (χ3v) is 8.91. The van der Waals surface area contributed by atoms with Gasteiger partial charge in [0.15, 0.2) is 0 Å². The summed E-state index contributed by atoms with van der Waals surface area (Å²) in [6.45, 7) is -1.06. The number of hydrogen-bond acceptors (Lipinski definition) is 6. The van der Waals surface area contributed by atoms with Crippen LogP contribution in [-0.2, 0) is 25.7 Å². The highest BCUT2D eigenvalue weighted by atomic mass is 32.2.